The van der Waals surface area contributed by atoms with E-state index in [1.54, 1.807) is 0 Å². The number of rotatable bonds is 1. The van der Waals surface area contributed by atoms with E-state index in [-0.39, 0.29) is 5.25 Å². The van der Waals surface area contributed by atoms with Crippen LogP contribution in [0.1, 0.15) is 25.7 Å². The fourth-order valence-electron chi connectivity index (χ4n) is 1.08. The molecule has 3 heteroatoms. The van der Waals surface area contributed by atoms with Crippen LogP contribution in [0.4, 0.5) is 0 Å². The van der Waals surface area contributed by atoms with E-state index < -0.39 is 11.1 Å². The molecule has 0 aromatic rings. The van der Waals surface area contributed by atoms with Crippen LogP contribution in [0.25, 0.3) is 0 Å². The monoisotopic (exact) mass is 133 g/mol. The summed E-state index contributed by atoms with van der Waals surface area (Å²) in [5.41, 5.74) is 0. The van der Waals surface area contributed by atoms with Gasteiger partial charge in [-0.05, 0) is 12.8 Å². The second-order valence-electron chi connectivity index (χ2n) is 2.17. The lowest BCUT2D eigenvalue weighted by atomic mass is 10.4. The molecule has 1 radical (unpaired) electrons. The first kappa shape index (κ1) is 6.23. The van der Waals surface area contributed by atoms with Gasteiger partial charge in [-0.15, -0.1) is 4.55 Å². The van der Waals surface area contributed by atoms with E-state index in [0.717, 1.165) is 25.7 Å². The van der Waals surface area contributed by atoms with Gasteiger partial charge in [-0.2, -0.15) is 0 Å². The van der Waals surface area contributed by atoms with Crippen molar-refractivity contribution in [3.05, 3.63) is 0 Å². The first-order valence-electron chi connectivity index (χ1n) is 2.89. The van der Waals surface area contributed by atoms with Crippen molar-refractivity contribution in [3.8, 4) is 0 Å². The molecule has 8 heavy (non-hydrogen) atoms. The Labute approximate surface area is 51.6 Å². The van der Waals surface area contributed by atoms with E-state index >= 15 is 0 Å². The Balaban J connectivity index is 2.35. The molecule has 1 aliphatic rings. The highest BCUT2D eigenvalue weighted by atomic mass is 32.2. The van der Waals surface area contributed by atoms with E-state index in [2.05, 4.69) is 0 Å². The minimum absolute atomic E-state index is 0.0185. The summed E-state index contributed by atoms with van der Waals surface area (Å²) in [6.45, 7) is 0. The van der Waals surface area contributed by atoms with Crippen molar-refractivity contribution in [2.45, 2.75) is 30.9 Å². The Kier molecular flexibility index (Phi) is 2.02. The molecule has 0 aliphatic heterocycles. The van der Waals surface area contributed by atoms with Gasteiger partial charge in [-0.25, -0.2) is 4.21 Å². The third-order valence-corrected chi connectivity index (χ3v) is 2.59. The van der Waals surface area contributed by atoms with E-state index in [1.807, 2.05) is 0 Å². The Morgan fingerprint density at radius 1 is 1.25 bits per heavy atom. The first-order valence-corrected chi connectivity index (χ1v) is 4.02. The smallest absolute Gasteiger partial charge is 0.191 e. The van der Waals surface area contributed by atoms with Crippen LogP contribution < -0.4 is 0 Å². The van der Waals surface area contributed by atoms with Crippen LogP contribution in [0.2, 0.25) is 0 Å². The summed E-state index contributed by atoms with van der Waals surface area (Å²) in [7, 11) is 0. The molecule has 0 spiro atoms. The zero-order valence-electron chi connectivity index (χ0n) is 4.63. The molecular formula is C5H9O2S. The van der Waals surface area contributed by atoms with Gasteiger partial charge in [0.05, 0.1) is 5.25 Å². The molecule has 1 unspecified atom stereocenters. The van der Waals surface area contributed by atoms with Crippen molar-refractivity contribution >= 4 is 11.1 Å². The van der Waals surface area contributed by atoms with Gasteiger partial charge in [-0.1, -0.05) is 12.8 Å². The largest absolute Gasteiger partial charge is 0.227 e. The number of hydrogen-bond donors (Lipinski definition) is 0. The lowest BCUT2D eigenvalue weighted by Gasteiger charge is -1.96. The van der Waals surface area contributed by atoms with Gasteiger partial charge in [-0.3, -0.25) is 0 Å². The van der Waals surface area contributed by atoms with Gasteiger partial charge in [0.2, 0.25) is 0 Å². The predicted octanol–water partition coefficient (Wildman–Crippen LogP) is 1.02. The molecular weight excluding hydrogens is 124 g/mol. The topological polar surface area (TPSA) is 37.0 Å². The fourth-order valence-corrected chi connectivity index (χ4v) is 1.80. The SMILES string of the molecule is [O]S(=O)C1CCCC1. The Morgan fingerprint density at radius 3 is 2.00 bits per heavy atom. The predicted molar refractivity (Wildman–Crippen MR) is 31.1 cm³/mol. The fraction of sp³-hybridized carbons (Fsp3) is 1.00. The zero-order valence-corrected chi connectivity index (χ0v) is 5.45. The molecule has 0 amide bonds. The third-order valence-electron chi connectivity index (χ3n) is 1.57. The van der Waals surface area contributed by atoms with Crippen LogP contribution in [0.15, 0.2) is 0 Å². The lowest BCUT2D eigenvalue weighted by molar-refractivity contribution is 0.461. The summed E-state index contributed by atoms with van der Waals surface area (Å²) in [4.78, 5) is 0. The minimum atomic E-state index is -1.79. The summed E-state index contributed by atoms with van der Waals surface area (Å²) in [6, 6.07) is 0. The number of hydrogen-bond acceptors (Lipinski definition) is 1. The van der Waals surface area contributed by atoms with Crippen LogP contribution in [0.3, 0.4) is 0 Å². The summed E-state index contributed by atoms with van der Waals surface area (Å²) in [5, 5.41) is -0.0185. The van der Waals surface area contributed by atoms with Gasteiger partial charge in [0, 0.05) is 0 Å². The molecule has 2 nitrogen and oxygen atoms in total. The van der Waals surface area contributed by atoms with E-state index in [9.17, 15) is 8.76 Å². The average Bonchev–Trinajstić information content (AvgIpc) is 2.12. The molecule has 1 fully saturated rings. The lowest BCUT2D eigenvalue weighted by Crippen LogP contribution is -2.06. The Morgan fingerprint density at radius 2 is 1.75 bits per heavy atom. The molecule has 0 heterocycles. The molecule has 0 N–H and O–H groups in total. The third kappa shape index (κ3) is 1.29. The zero-order chi connectivity index (χ0) is 5.98. The minimum Gasteiger partial charge on any atom is -0.227 e. The van der Waals surface area contributed by atoms with Gasteiger partial charge >= 0.3 is 0 Å². The van der Waals surface area contributed by atoms with Crippen molar-refractivity contribution in [1.82, 2.24) is 0 Å². The molecule has 0 aromatic heterocycles. The average molecular weight is 133 g/mol. The van der Waals surface area contributed by atoms with Crippen LogP contribution in [0, 0.1) is 0 Å². The standard InChI is InChI=1S/C5H9O2S/c6-8(7)5-3-1-2-4-5/h5H,1-4H2. The van der Waals surface area contributed by atoms with E-state index in [0.29, 0.717) is 0 Å². The normalized spacial score (nSPS) is 26.1. The molecule has 1 saturated carbocycles. The summed E-state index contributed by atoms with van der Waals surface area (Å²) in [5.74, 6) is 0. The second-order valence-corrected chi connectivity index (χ2v) is 3.35. The second kappa shape index (κ2) is 2.60. The van der Waals surface area contributed by atoms with E-state index in [1.165, 1.54) is 0 Å². The maximum absolute atomic E-state index is 10.2. The molecule has 0 saturated heterocycles. The van der Waals surface area contributed by atoms with Gasteiger partial charge < -0.3 is 0 Å². The van der Waals surface area contributed by atoms with Crippen LogP contribution in [-0.4, -0.2) is 9.46 Å². The Bertz CT molecular complexity index is 96.6. The summed E-state index contributed by atoms with van der Waals surface area (Å²) < 4.78 is 20.4. The summed E-state index contributed by atoms with van der Waals surface area (Å²) >= 11 is -1.79. The highest BCUT2D eigenvalue weighted by molar-refractivity contribution is 7.79. The van der Waals surface area contributed by atoms with E-state index in [4.69, 9.17) is 0 Å². The van der Waals surface area contributed by atoms with Crippen LogP contribution in [0.5, 0.6) is 0 Å². The summed E-state index contributed by atoms with van der Waals surface area (Å²) in [6.07, 6.45) is 3.96. The molecule has 0 bridgehead atoms. The quantitative estimate of drug-likeness (QED) is 0.526. The van der Waals surface area contributed by atoms with Crippen molar-refractivity contribution in [1.29, 1.82) is 0 Å². The van der Waals surface area contributed by atoms with Gasteiger partial charge in [0.15, 0.2) is 11.1 Å². The van der Waals surface area contributed by atoms with Gasteiger partial charge in [0.25, 0.3) is 0 Å². The van der Waals surface area contributed by atoms with Crippen LogP contribution >= 0.6 is 0 Å². The maximum atomic E-state index is 10.2. The highest BCUT2D eigenvalue weighted by Gasteiger charge is 2.20. The van der Waals surface area contributed by atoms with Gasteiger partial charge in [0.1, 0.15) is 0 Å². The molecule has 1 aliphatic carbocycles. The maximum Gasteiger partial charge on any atom is 0.191 e. The molecule has 47 valence electrons. The van der Waals surface area contributed by atoms with Crippen molar-refractivity contribution in [2.75, 3.05) is 0 Å². The highest BCUT2D eigenvalue weighted by Crippen LogP contribution is 2.21. The van der Waals surface area contributed by atoms with Crippen molar-refractivity contribution in [2.24, 2.45) is 0 Å². The molecule has 1 atom stereocenters. The van der Waals surface area contributed by atoms with Crippen molar-refractivity contribution in [3.63, 3.8) is 0 Å². The van der Waals surface area contributed by atoms with Crippen LogP contribution in [-0.2, 0) is 15.6 Å². The van der Waals surface area contributed by atoms with Crippen molar-refractivity contribution < 1.29 is 8.76 Å². The molecule has 1 rings (SSSR count). The Hall–Kier alpha value is 0.110. The molecule has 0 aromatic carbocycles. The first-order chi connectivity index (χ1) is 3.80.